The van der Waals surface area contributed by atoms with Gasteiger partial charge in [0.25, 0.3) is 0 Å². The van der Waals surface area contributed by atoms with Gasteiger partial charge in [0.15, 0.2) is 4.77 Å². The molecule has 1 N–H and O–H groups in total. The normalized spacial score (nSPS) is 11.1. The van der Waals surface area contributed by atoms with Crippen LogP contribution in [0.4, 0.5) is 0 Å². The van der Waals surface area contributed by atoms with Crippen molar-refractivity contribution in [3.63, 3.8) is 0 Å². The predicted octanol–water partition coefficient (Wildman–Crippen LogP) is 4.64. The van der Waals surface area contributed by atoms with E-state index < -0.39 is 0 Å². The minimum absolute atomic E-state index is 0.818. The number of nitrogens with one attached hydrogen (secondary N) is 1. The molecule has 3 rings (SSSR count). The molecule has 0 atom stereocenters. The molecule has 20 heavy (non-hydrogen) atoms. The Balaban J connectivity index is 1.78. The molecular formula is C17H18N2S. The summed E-state index contributed by atoms with van der Waals surface area (Å²) in [5, 5.41) is 0. The third-order valence-corrected chi connectivity index (χ3v) is 3.94. The summed E-state index contributed by atoms with van der Waals surface area (Å²) in [6.07, 6.45) is 2.18. The minimum Gasteiger partial charge on any atom is -0.331 e. The Morgan fingerprint density at radius 2 is 1.90 bits per heavy atom. The molecule has 0 unspecified atom stereocenters. The fourth-order valence-electron chi connectivity index (χ4n) is 2.59. The summed E-state index contributed by atoms with van der Waals surface area (Å²) in [5.41, 5.74) is 4.98. The largest absolute Gasteiger partial charge is 0.331 e. The molecule has 0 aliphatic carbocycles. The van der Waals surface area contributed by atoms with Gasteiger partial charge in [-0.3, -0.25) is 0 Å². The standard InChI is InChI=1S/C17H18N2S/c1-13-9-10-16-15(12-13)18-17(20)19(16)11-5-8-14-6-3-2-4-7-14/h2-4,6-7,9-10,12H,5,8,11H2,1H3,(H,18,20). The second kappa shape index (κ2) is 5.63. The molecule has 0 aliphatic rings. The number of aromatic nitrogens is 2. The van der Waals surface area contributed by atoms with Crippen LogP contribution < -0.4 is 0 Å². The van der Waals surface area contributed by atoms with Gasteiger partial charge in [0.1, 0.15) is 0 Å². The third kappa shape index (κ3) is 2.68. The van der Waals surface area contributed by atoms with Crippen molar-refractivity contribution >= 4 is 23.3 Å². The highest BCUT2D eigenvalue weighted by atomic mass is 32.1. The predicted molar refractivity (Wildman–Crippen MR) is 86.6 cm³/mol. The summed E-state index contributed by atoms with van der Waals surface area (Å²) in [5.74, 6) is 0. The maximum Gasteiger partial charge on any atom is 0.178 e. The lowest BCUT2D eigenvalue weighted by molar-refractivity contribution is 0.650. The van der Waals surface area contributed by atoms with Crippen LogP contribution in [0, 0.1) is 11.7 Å². The van der Waals surface area contributed by atoms with E-state index in [0.29, 0.717) is 0 Å². The average molecular weight is 282 g/mol. The van der Waals surface area contributed by atoms with Crippen molar-refractivity contribution in [3.8, 4) is 0 Å². The van der Waals surface area contributed by atoms with Gasteiger partial charge in [0.05, 0.1) is 11.0 Å². The third-order valence-electron chi connectivity index (χ3n) is 3.62. The highest BCUT2D eigenvalue weighted by Gasteiger charge is 2.04. The van der Waals surface area contributed by atoms with Crippen LogP contribution in [0.5, 0.6) is 0 Å². The molecular weight excluding hydrogens is 264 g/mol. The maximum atomic E-state index is 5.43. The fourth-order valence-corrected chi connectivity index (χ4v) is 2.89. The number of hydrogen-bond acceptors (Lipinski definition) is 1. The number of hydrogen-bond donors (Lipinski definition) is 1. The molecule has 2 aromatic carbocycles. The van der Waals surface area contributed by atoms with Gasteiger partial charge in [-0.1, -0.05) is 36.4 Å². The Labute approximate surface area is 124 Å². The first-order valence-electron chi connectivity index (χ1n) is 6.97. The van der Waals surface area contributed by atoms with Crippen LogP contribution >= 0.6 is 12.2 Å². The Kier molecular flexibility index (Phi) is 3.70. The molecule has 0 aliphatic heterocycles. The number of H-pyrrole nitrogens is 1. The van der Waals surface area contributed by atoms with Crippen molar-refractivity contribution in [1.82, 2.24) is 9.55 Å². The summed E-state index contributed by atoms with van der Waals surface area (Å²) >= 11 is 5.43. The van der Waals surface area contributed by atoms with Crippen LogP contribution in [-0.4, -0.2) is 9.55 Å². The van der Waals surface area contributed by atoms with E-state index in [1.54, 1.807) is 0 Å². The zero-order chi connectivity index (χ0) is 13.9. The highest BCUT2D eigenvalue weighted by Crippen LogP contribution is 2.16. The number of rotatable bonds is 4. The van der Waals surface area contributed by atoms with E-state index >= 15 is 0 Å². The average Bonchev–Trinajstić information content (AvgIpc) is 2.75. The zero-order valence-corrected chi connectivity index (χ0v) is 12.4. The molecule has 0 saturated carbocycles. The van der Waals surface area contributed by atoms with Crippen molar-refractivity contribution in [3.05, 3.63) is 64.4 Å². The molecule has 0 bridgehead atoms. The van der Waals surface area contributed by atoms with Gasteiger partial charge in [-0.25, -0.2) is 0 Å². The molecule has 0 saturated heterocycles. The summed E-state index contributed by atoms with van der Waals surface area (Å²) in [6, 6.07) is 17.0. The summed E-state index contributed by atoms with van der Waals surface area (Å²) in [7, 11) is 0. The fraction of sp³-hybridized carbons (Fsp3) is 0.235. The molecule has 0 spiro atoms. The summed E-state index contributed by atoms with van der Waals surface area (Å²) in [4.78, 5) is 3.29. The second-order valence-corrected chi connectivity index (χ2v) is 5.58. The molecule has 0 fully saturated rings. The first kappa shape index (κ1) is 13.1. The lowest BCUT2D eigenvalue weighted by atomic mass is 10.1. The molecule has 102 valence electrons. The zero-order valence-electron chi connectivity index (χ0n) is 11.6. The molecule has 2 nitrogen and oxygen atoms in total. The summed E-state index contributed by atoms with van der Waals surface area (Å²) in [6.45, 7) is 3.06. The maximum absolute atomic E-state index is 5.43. The van der Waals surface area contributed by atoms with Gasteiger partial charge in [-0.15, -0.1) is 0 Å². The Morgan fingerprint density at radius 1 is 1.10 bits per heavy atom. The van der Waals surface area contributed by atoms with Gasteiger partial charge in [0.2, 0.25) is 0 Å². The van der Waals surface area contributed by atoms with Gasteiger partial charge in [0, 0.05) is 6.54 Å². The van der Waals surface area contributed by atoms with Crippen LogP contribution in [0.2, 0.25) is 0 Å². The van der Waals surface area contributed by atoms with Gasteiger partial charge >= 0.3 is 0 Å². The lowest BCUT2D eigenvalue weighted by Gasteiger charge is -2.05. The van der Waals surface area contributed by atoms with E-state index in [9.17, 15) is 0 Å². The van der Waals surface area contributed by atoms with Crippen LogP contribution in [0.15, 0.2) is 48.5 Å². The topological polar surface area (TPSA) is 20.7 Å². The number of nitrogens with zero attached hydrogens (tertiary/aromatic N) is 1. The first-order valence-corrected chi connectivity index (χ1v) is 7.38. The van der Waals surface area contributed by atoms with Crippen molar-refractivity contribution in [1.29, 1.82) is 0 Å². The van der Waals surface area contributed by atoms with Crippen molar-refractivity contribution in [2.24, 2.45) is 0 Å². The highest BCUT2D eigenvalue weighted by molar-refractivity contribution is 7.71. The van der Waals surface area contributed by atoms with E-state index in [4.69, 9.17) is 12.2 Å². The molecule has 3 heteroatoms. The van der Waals surface area contributed by atoms with Crippen LogP contribution in [0.1, 0.15) is 17.5 Å². The smallest absolute Gasteiger partial charge is 0.178 e. The van der Waals surface area contributed by atoms with Gasteiger partial charge < -0.3 is 9.55 Å². The molecule has 1 aromatic heterocycles. The number of benzene rings is 2. The molecule has 1 heterocycles. The first-order chi connectivity index (χ1) is 9.74. The quantitative estimate of drug-likeness (QED) is 0.691. The van der Waals surface area contributed by atoms with Gasteiger partial charge in [-0.05, 0) is 55.2 Å². The molecule has 0 radical (unpaired) electrons. The Morgan fingerprint density at radius 3 is 2.70 bits per heavy atom. The van der Waals surface area contributed by atoms with E-state index in [1.807, 2.05) is 0 Å². The number of imidazole rings is 1. The summed E-state index contributed by atoms with van der Waals surface area (Å²) < 4.78 is 3.02. The van der Waals surface area contributed by atoms with E-state index in [-0.39, 0.29) is 0 Å². The van der Waals surface area contributed by atoms with E-state index in [0.717, 1.165) is 29.7 Å². The van der Waals surface area contributed by atoms with Crippen molar-refractivity contribution in [2.45, 2.75) is 26.3 Å². The molecule has 0 amide bonds. The number of aromatic amines is 1. The van der Waals surface area contributed by atoms with E-state index in [1.165, 1.54) is 16.6 Å². The second-order valence-electron chi connectivity index (χ2n) is 5.19. The van der Waals surface area contributed by atoms with Crippen molar-refractivity contribution < 1.29 is 0 Å². The monoisotopic (exact) mass is 282 g/mol. The van der Waals surface area contributed by atoms with Crippen LogP contribution in [0.25, 0.3) is 11.0 Å². The SMILES string of the molecule is Cc1ccc2c(c1)[nH]c(=S)n2CCCc1ccccc1. The van der Waals surface area contributed by atoms with Crippen LogP contribution in [-0.2, 0) is 13.0 Å². The Hall–Kier alpha value is -1.87. The van der Waals surface area contributed by atoms with Gasteiger partial charge in [-0.2, -0.15) is 0 Å². The lowest BCUT2D eigenvalue weighted by Crippen LogP contribution is -1.99. The minimum atomic E-state index is 0.818. The van der Waals surface area contributed by atoms with Crippen molar-refractivity contribution in [2.75, 3.05) is 0 Å². The van der Waals surface area contributed by atoms with E-state index in [2.05, 4.69) is 65.0 Å². The van der Waals surface area contributed by atoms with Crippen LogP contribution in [0.3, 0.4) is 0 Å². The molecule has 3 aromatic rings. The Bertz CT molecular complexity index is 769. The number of fused-ring (bicyclic) bond motifs is 1. The number of aryl methyl sites for hydroxylation is 3.